The maximum absolute atomic E-state index is 6.52. The Morgan fingerprint density at radius 3 is 2.15 bits per heavy atom. The SMILES string of the molecule is Cc1ccc(N(c2ccc3c(c2)C(C)(C)c2c-3ccc3ccccc23)c2cccc3c2oc2ccccc23)cc1. The molecule has 0 saturated heterocycles. The molecule has 0 unspecified atom stereocenters. The molecule has 192 valence electrons. The van der Waals surface area contributed by atoms with Crippen molar-refractivity contribution in [1.29, 1.82) is 0 Å². The Labute approximate surface area is 234 Å². The van der Waals surface area contributed by atoms with Crippen LogP contribution >= 0.6 is 0 Å². The van der Waals surface area contributed by atoms with E-state index in [4.69, 9.17) is 4.42 Å². The summed E-state index contributed by atoms with van der Waals surface area (Å²) >= 11 is 0. The minimum atomic E-state index is -0.133. The van der Waals surface area contributed by atoms with E-state index in [1.165, 1.54) is 38.6 Å². The molecule has 0 spiro atoms. The third-order valence-electron chi connectivity index (χ3n) is 8.70. The lowest BCUT2D eigenvalue weighted by atomic mass is 9.80. The molecule has 1 aliphatic rings. The summed E-state index contributed by atoms with van der Waals surface area (Å²) in [6, 6.07) is 43.8. The Balaban J connectivity index is 1.37. The van der Waals surface area contributed by atoms with Gasteiger partial charge in [-0.2, -0.15) is 0 Å². The lowest BCUT2D eigenvalue weighted by Crippen LogP contribution is -2.17. The number of hydrogen-bond acceptors (Lipinski definition) is 2. The van der Waals surface area contributed by atoms with Crippen molar-refractivity contribution in [2.24, 2.45) is 0 Å². The van der Waals surface area contributed by atoms with E-state index in [1.54, 1.807) is 0 Å². The first-order valence-corrected chi connectivity index (χ1v) is 13.9. The zero-order chi connectivity index (χ0) is 27.0. The zero-order valence-electron chi connectivity index (χ0n) is 22.9. The summed E-state index contributed by atoms with van der Waals surface area (Å²) in [5.41, 5.74) is 11.6. The quantitative estimate of drug-likeness (QED) is 0.233. The normalized spacial score (nSPS) is 13.6. The number of anilines is 3. The second-order valence-corrected chi connectivity index (χ2v) is 11.5. The number of aryl methyl sites for hydroxylation is 1. The Hall–Kier alpha value is -4.82. The summed E-state index contributed by atoms with van der Waals surface area (Å²) in [6.07, 6.45) is 0. The highest BCUT2D eigenvalue weighted by Gasteiger charge is 2.37. The van der Waals surface area contributed by atoms with Crippen molar-refractivity contribution in [3.05, 3.63) is 138 Å². The number of para-hydroxylation sites is 2. The van der Waals surface area contributed by atoms with Crippen LogP contribution in [0.4, 0.5) is 17.1 Å². The molecule has 1 aromatic heterocycles. The van der Waals surface area contributed by atoms with Crippen molar-refractivity contribution in [1.82, 2.24) is 0 Å². The van der Waals surface area contributed by atoms with Gasteiger partial charge in [0, 0.05) is 27.6 Å². The number of furan rings is 1. The summed E-state index contributed by atoms with van der Waals surface area (Å²) < 4.78 is 6.52. The maximum atomic E-state index is 6.52. The molecular formula is C38H29NO. The van der Waals surface area contributed by atoms with Crippen LogP contribution in [0.2, 0.25) is 0 Å². The molecule has 1 heterocycles. The van der Waals surface area contributed by atoms with Crippen molar-refractivity contribution >= 4 is 49.8 Å². The summed E-state index contributed by atoms with van der Waals surface area (Å²) in [5, 5.41) is 4.90. The molecule has 0 atom stereocenters. The van der Waals surface area contributed by atoms with Crippen molar-refractivity contribution < 1.29 is 4.42 Å². The first-order valence-electron chi connectivity index (χ1n) is 13.9. The van der Waals surface area contributed by atoms with Gasteiger partial charge in [0.1, 0.15) is 5.58 Å². The van der Waals surface area contributed by atoms with Crippen LogP contribution in [0, 0.1) is 6.92 Å². The summed E-state index contributed by atoms with van der Waals surface area (Å²) in [6.45, 7) is 6.86. The monoisotopic (exact) mass is 515 g/mol. The first kappa shape index (κ1) is 23.1. The molecule has 2 heteroatoms. The lowest BCUT2D eigenvalue weighted by molar-refractivity contribution is 0.666. The van der Waals surface area contributed by atoms with Gasteiger partial charge in [-0.25, -0.2) is 0 Å². The van der Waals surface area contributed by atoms with Crippen LogP contribution < -0.4 is 4.90 Å². The molecule has 2 nitrogen and oxygen atoms in total. The second-order valence-electron chi connectivity index (χ2n) is 11.5. The van der Waals surface area contributed by atoms with E-state index in [0.717, 1.165) is 39.0 Å². The average Bonchev–Trinajstić information content (AvgIpc) is 3.47. The molecule has 0 N–H and O–H groups in total. The molecule has 0 bridgehead atoms. The molecule has 1 aliphatic carbocycles. The Kier molecular flexibility index (Phi) is 4.82. The topological polar surface area (TPSA) is 16.4 Å². The summed E-state index contributed by atoms with van der Waals surface area (Å²) in [7, 11) is 0. The van der Waals surface area contributed by atoms with E-state index in [2.05, 4.69) is 141 Å². The highest BCUT2D eigenvalue weighted by molar-refractivity contribution is 6.10. The number of nitrogens with zero attached hydrogens (tertiary/aromatic N) is 1. The first-order chi connectivity index (χ1) is 19.5. The summed E-state index contributed by atoms with van der Waals surface area (Å²) in [4.78, 5) is 2.35. The molecular weight excluding hydrogens is 486 g/mol. The molecule has 0 fully saturated rings. The standard InChI is InChI=1S/C38H29NO/c1-24-15-18-26(19-16-24)39(34-13-8-12-32-30-11-6-7-14-35(30)40-37(32)34)27-20-22-29-31-21-17-25-9-4-5-10-28(25)36(31)38(2,3)33(29)23-27/h4-23H,1-3H3. The molecule has 7 aromatic rings. The van der Waals surface area contributed by atoms with Crippen LogP contribution in [0.1, 0.15) is 30.5 Å². The van der Waals surface area contributed by atoms with E-state index in [-0.39, 0.29) is 5.41 Å². The molecule has 8 rings (SSSR count). The second kappa shape index (κ2) is 8.34. The van der Waals surface area contributed by atoms with Crippen molar-refractivity contribution in [2.75, 3.05) is 4.90 Å². The van der Waals surface area contributed by atoms with Gasteiger partial charge in [0.05, 0.1) is 5.69 Å². The van der Waals surface area contributed by atoms with Crippen LogP contribution in [0.25, 0.3) is 43.8 Å². The van der Waals surface area contributed by atoms with Crippen molar-refractivity contribution in [2.45, 2.75) is 26.2 Å². The van der Waals surface area contributed by atoms with Gasteiger partial charge in [-0.05, 0) is 76.3 Å². The van der Waals surface area contributed by atoms with E-state index in [0.29, 0.717) is 0 Å². The fraction of sp³-hybridized carbons (Fsp3) is 0.105. The molecule has 40 heavy (non-hydrogen) atoms. The van der Waals surface area contributed by atoms with Crippen LogP contribution in [-0.2, 0) is 5.41 Å². The van der Waals surface area contributed by atoms with Crippen LogP contribution in [0.15, 0.2) is 126 Å². The number of benzene rings is 6. The molecule has 0 saturated carbocycles. The zero-order valence-corrected chi connectivity index (χ0v) is 22.9. The average molecular weight is 516 g/mol. The van der Waals surface area contributed by atoms with Crippen LogP contribution in [0.5, 0.6) is 0 Å². The van der Waals surface area contributed by atoms with E-state index in [9.17, 15) is 0 Å². The molecule has 6 aromatic carbocycles. The van der Waals surface area contributed by atoms with E-state index < -0.39 is 0 Å². The van der Waals surface area contributed by atoms with Gasteiger partial charge < -0.3 is 9.32 Å². The minimum Gasteiger partial charge on any atom is -0.454 e. The number of rotatable bonds is 3. The van der Waals surface area contributed by atoms with Gasteiger partial charge in [0.15, 0.2) is 5.58 Å². The Bertz CT molecular complexity index is 2100. The lowest BCUT2D eigenvalue weighted by Gasteiger charge is -2.28. The van der Waals surface area contributed by atoms with Gasteiger partial charge in [0.2, 0.25) is 0 Å². The molecule has 0 amide bonds. The van der Waals surface area contributed by atoms with Crippen LogP contribution in [-0.4, -0.2) is 0 Å². The van der Waals surface area contributed by atoms with Crippen molar-refractivity contribution in [3.8, 4) is 11.1 Å². The molecule has 0 radical (unpaired) electrons. The third-order valence-corrected chi connectivity index (χ3v) is 8.70. The van der Waals surface area contributed by atoms with Gasteiger partial charge >= 0.3 is 0 Å². The summed E-state index contributed by atoms with van der Waals surface area (Å²) in [5.74, 6) is 0. The predicted molar refractivity (Wildman–Crippen MR) is 168 cm³/mol. The minimum absolute atomic E-state index is 0.133. The van der Waals surface area contributed by atoms with Crippen molar-refractivity contribution in [3.63, 3.8) is 0 Å². The predicted octanol–water partition coefficient (Wildman–Crippen LogP) is 10.8. The number of fused-ring (bicyclic) bond motifs is 8. The Morgan fingerprint density at radius 1 is 0.600 bits per heavy atom. The Morgan fingerprint density at radius 2 is 1.30 bits per heavy atom. The van der Waals surface area contributed by atoms with Gasteiger partial charge in [-0.3, -0.25) is 0 Å². The largest absolute Gasteiger partial charge is 0.454 e. The van der Waals surface area contributed by atoms with E-state index in [1.807, 2.05) is 6.07 Å². The van der Waals surface area contributed by atoms with E-state index >= 15 is 0 Å². The molecule has 0 aliphatic heterocycles. The highest BCUT2D eigenvalue weighted by Crippen LogP contribution is 2.53. The smallest absolute Gasteiger partial charge is 0.159 e. The van der Waals surface area contributed by atoms with Gasteiger partial charge in [-0.15, -0.1) is 0 Å². The van der Waals surface area contributed by atoms with Gasteiger partial charge in [-0.1, -0.05) is 104 Å². The third kappa shape index (κ3) is 3.23. The fourth-order valence-electron chi connectivity index (χ4n) is 6.76. The van der Waals surface area contributed by atoms with Crippen LogP contribution in [0.3, 0.4) is 0 Å². The fourth-order valence-corrected chi connectivity index (χ4v) is 6.76. The number of hydrogen-bond donors (Lipinski definition) is 0. The van der Waals surface area contributed by atoms with Gasteiger partial charge in [0.25, 0.3) is 0 Å². The maximum Gasteiger partial charge on any atom is 0.159 e. The highest BCUT2D eigenvalue weighted by atomic mass is 16.3.